The third-order valence-electron chi connectivity index (χ3n) is 10.9. The second-order valence-electron chi connectivity index (χ2n) is 12.3. The van der Waals surface area contributed by atoms with E-state index in [-0.39, 0.29) is 41.5 Å². The number of fused-ring (bicyclic) bond motifs is 7. The van der Waals surface area contributed by atoms with Crippen molar-refractivity contribution in [2.24, 2.45) is 46.3 Å². The van der Waals surface area contributed by atoms with E-state index in [1.54, 1.807) is 0 Å². The summed E-state index contributed by atoms with van der Waals surface area (Å²) in [7, 11) is 0. The molecular weight excluding hydrogens is 388 g/mol. The summed E-state index contributed by atoms with van der Waals surface area (Å²) in [6.07, 6.45) is 8.93. The van der Waals surface area contributed by atoms with Gasteiger partial charge in [-0.1, -0.05) is 20.8 Å². The minimum absolute atomic E-state index is 0.141. The van der Waals surface area contributed by atoms with Crippen LogP contribution < -0.4 is 0 Å². The van der Waals surface area contributed by atoms with Crippen LogP contribution in [0.25, 0.3) is 0 Å². The maximum Gasteiger partial charge on any atom is 0.140 e. The van der Waals surface area contributed by atoms with Gasteiger partial charge in [-0.3, -0.25) is 4.79 Å². The molecule has 0 spiro atoms. The number of carbonyl (C=O) groups excluding carboxylic acids is 1. The van der Waals surface area contributed by atoms with Gasteiger partial charge in [0.1, 0.15) is 11.9 Å². The molecule has 174 valence electrons. The van der Waals surface area contributed by atoms with Crippen LogP contribution >= 0.6 is 0 Å². The third-order valence-corrected chi connectivity index (χ3v) is 10.9. The second-order valence-corrected chi connectivity index (χ2v) is 12.3. The molecule has 10 atom stereocenters. The predicted octanol–water partition coefficient (Wildman–Crippen LogP) is 4.88. The van der Waals surface area contributed by atoms with Gasteiger partial charge in [-0.15, -0.1) is 0 Å². The Labute approximate surface area is 187 Å². The minimum Gasteiger partial charge on any atom is -0.494 e. The monoisotopic (exact) mass is 430 g/mol. The Morgan fingerprint density at radius 2 is 1.94 bits per heavy atom. The van der Waals surface area contributed by atoms with Crippen molar-refractivity contribution in [3.05, 3.63) is 11.3 Å². The van der Waals surface area contributed by atoms with Gasteiger partial charge in [0.05, 0.1) is 11.9 Å². The van der Waals surface area contributed by atoms with E-state index in [4.69, 9.17) is 4.74 Å². The highest BCUT2D eigenvalue weighted by molar-refractivity contribution is 5.87. The van der Waals surface area contributed by atoms with Crippen molar-refractivity contribution >= 4 is 5.78 Å². The highest BCUT2D eigenvalue weighted by Crippen LogP contribution is 2.68. The number of aliphatic hydroxyl groups excluding tert-OH is 2. The van der Waals surface area contributed by atoms with Crippen LogP contribution in [0.3, 0.4) is 0 Å². The lowest BCUT2D eigenvalue weighted by atomic mass is 9.44. The minimum atomic E-state index is -0.280. The highest BCUT2D eigenvalue weighted by Gasteiger charge is 2.67. The van der Waals surface area contributed by atoms with Crippen LogP contribution in [-0.4, -0.2) is 34.8 Å². The molecule has 0 radical (unpaired) electrons. The average Bonchev–Trinajstić information content (AvgIpc) is 3.22. The summed E-state index contributed by atoms with van der Waals surface area (Å²) in [4.78, 5) is 13.9. The van der Waals surface area contributed by atoms with Gasteiger partial charge >= 0.3 is 0 Å². The number of carbonyl (C=O) groups is 1. The van der Waals surface area contributed by atoms with Gasteiger partial charge in [-0.05, 0) is 92.4 Å². The van der Waals surface area contributed by atoms with Crippen molar-refractivity contribution in [1.82, 2.24) is 0 Å². The lowest BCUT2D eigenvalue weighted by Crippen LogP contribution is -2.57. The second kappa shape index (κ2) is 7.58. The topological polar surface area (TPSA) is 66.8 Å². The van der Waals surface area contributed by atoms with Gasteiger partial charge < -0.3 is 14.9 Å². The normalized spacial score (nSPS) is 49.7. The molecule has 0 aromatic heterocycles. The van der Waals surface area contributed by atoms with Crippen LogP contribution in [0.4, 0.5) is 0 Å². The van der Waals surface area contributed by atoms with Gasteiger partial charge in [0, 0.05) is 30.8 Å². The quantitative estimate of drug-likeness (QED) is 0.667. The average molecular weight is 431 g/mol. The molecule has 1 heterocycles. The number of aliphatic hydroxyl groups is 2. The smallest absolute Gasteiger partial charge is 0.140 e. The molecule has 4 heteroatoms. The van der Waals surface area contributed by atoms with Gasteiger partial charge in [0.15, 0.2) is 0 Å². The zero-order valence-corrected chi connectivity index (χ0v) is 19.9. The Balaban J connectivity index is 1.41. The van der Waals surface area contributed by atoms with Gasteiger partial charge in [0.25, 0.3) is 0 Å². The SMILES string of the molecule is CC1=C(CC[C@@H](C)CO)O[C@@H]2C[C@H]3[C@@H]4CC[C@H]5C[C@@H](O)CC[C@]5(C)[C@H]4CC(=O)[C@]3(C)[C@@H]12. The maximum absolute atomic E-state index is 13.9. The van der Waals surface area contributed by atoms with E-state index in [1.165, 1.54) is 18.4 Å². The molecule has 5 rings (SSSR count). The molecular formula is C27H42O4. The molecule has 1 aliphatic heterocycles. The summed E-state index contributed by atoms with van der Waals surface area (Å²) in [5, 5.41) is 19.6. The number of ketones is 1. The van der Waals surface area contributed by atoms with Crippen molar-refractivity contribution in [1.29, 1.82) is 0 Å². The standard InChI is InChI=1S/C27H42O4/c1-15(14-28)5-8-22-16(2)25-23(31-22)12-21-19-7-6-17-11-18(29)9-10-26(17,3)20(19)13-24(30)27(21,25)4/h15,17-21,23,25,28-29H,5-14H2,1-4H3/t15-,17+,18+,19-,20+,21+,23-,25+,26+,27-/m1/s1. The Morgan fingerprint density at radius 3 is 2.68 bits per heavy atom. The van der Waals surface area contributed by atoms with E-state index in [2.05, 4.69) is 27.7 Å². The molecule has 0 aromatic carbocycles. The van der Waals surface area contributed by atoms with Crippen LogP contribution in [0.1, 0.15) is 85.5 Å². The van der Waals surface area contributed by atoms with Crippen LogP contribution in [0.2, 0.25) is 0 Å². The van der Waals surface area contributed by atoms with Gasteiger partial charge in [0.2, 0.25) is 0 Å². The molecule has 4 saturated carbocycles. The van der Waals surface area contributed by atoms with Crippen molar-refractivity contribution in [3.8, 4) is 0 Å². The molecule has 4 fully saturated rings. The van der Waals surface area contributed by atoms with Crippen LogP contribution in [0.5, 0.6) is 0 Å². The van der Waals surface area contributed by atoms with Crippen molar-refractivity contribution < 1.29 is 19.7 Å². The Hall–Kier alpha value is -0.870. The Kier molecular flexibility index (Phi) is 5.37. The number of Topliss-reactive ketones (excluding diaryl/α,β-unsaturated/α-hetero) is 1. The number of hydrogen-bond donors (Lipinski definition) is 2. The van der Waals surface area contributed by atoms with E-state index in [1.807, 2.05) is 0 Å². The molecule has 2 N–H and O–H groups in total. The largest absolute Gasteiger partial charge is 0.494 e. The first-order valence-electron chi connectivity index (χ1n) is 12.9. The number of hydrogen-bond acceptors (Lipinski definition) is 4. The molecule has 0 amide bonds. The van der Waals surface area contributed by atoms with E-state index in [0.717, 1.165) is 50.7 Å². The maximum atomic E-state index is 13.9. The molecule has 0 unspecified atom stereocenters. The summed E-state index contributed by atoms with van der Waals surface area (Å²) in [6, 6.07) is 0. The van der Waals surface area contributed by atoms with E-state index >= 15 is 0 Å². The summed E-state index contributed by atoms with van der Waals surface area (Å²) < 4.78 is 6.54. The van der Waals surface area contributed by atoms with E-state index in [0.29, 0.717) is 29.5 Å². The summed E-state index contributed by atoms with van der Waals surface area (Å²) >= 11 is 0. The van der Waals surface area contributed by atoms with E-state index < -0.39 is 0 Å². The third kappa shape index (κ3) is 3.10. The first-order valence-corrected chi connectivity index (χ1v) is 12.9. The Bertz CT molecular complexity index is 773. The fraction of sp³-hybridized carbons (Fsp3) is 0.889. The van der Waals surface area contributed by atoms with Crippen LogP contribution in [0.15, 0.2) is 11.3 Å². The van der Waals surface area contributed by atoms with Crippen LogP contribution in [0, 0.1) is 46.3 Å². The molecule has 4 aliphatic carbocycles. The molecule has 0 saturated heterocycles. The molecule has 0 bridgehead atoms. The van der Waals surface area contributed by atoms with Crippen molar-refractivity contribution in [3.63, 3.8) is 0 Å². The predicted molar refractivity (Wildman–Crippen MR) is 120 cm³/mol. The molecule has 0 aromatic rings. The first-order chi connectivity index (χ1) is 14.7. The molecule has 31 heavy (non-hydrogen) atoms. The van der Waals surface area contributed by atoms with E-state index in [9.17, 15) is 15.0 Å². The number of rotatable bonds is 4. The van der Waals surface area contributed by atoms with Crippen LogP contribution in [-0.2, 0) is 9.53 Å². The highest BCUT2D eigenvalue weighted by atomic mass is 16.5. The molecule has 4 nitrogen and oxygen atoms in total. The summed E-state index contributed by atoms with van der Waals surface area (Å²) in [5.74, 6) is 4.23. The number of ether oxygens (including phenoxy) is 1. The summed E-state index contributed by atoms with van der Waals surface area (Å²) in [5.41, 5.74) is 1.25. The fourth-order valence-corrected chi connectivity index (χ4v) is 8.97. The van der Waals surface area contributed by atoms with Gasteiger partial charge in [-0.25, -0.2) is 0 Å². The fourth-order valence-electron chi connectivity index (χ4n) is 8.97. The first kappa shape index (κ1) is 21.9. The number of allylic oxidation sites excluding steroid dienone is 1. The molecule has 5 aliphatic rings. The Morgan fingerprint density at radius 1 is 1.16 bits per heavy atom. The zero-order chi connectivity index (χ0) is 22.1. The lowest BCUT2D eigenvalue weighted by Gasteiger charge is -2.60. The van der Waals surface area contributed by atoms with Gasteiger partial charge in [-0.2, -0.15) is 0 Å². The van der Waals surface area contributed by atoms with Crippen molar-refractivity contribution in [2.45, 2.75) is 97.7 Å². The summed E-state index contributed by atoms with van der Waals surface area (Å²) in [6.45, 7) is 9.21. The van der Waals surface area contributed by atoms with Crippen molar-refractivity contribution in [2.75, 3.05) is 6.61 Å². The lowest BCUT2D eigenvalue weighted by molar-refractivity contribution is -0.158. The zero-order valence-electron chi connectivity index (χ0n) is 19.9.